The lowest BCUT2D eigenvalue weighted by molar-refractivity contribution is 0.415. The third-order valence-electron chi connectivity index (χ3n) is 4.28. The Balaban J connectivity index is 1.99. The Morgan fingerprint density at radius 2 is 1.96 bits per heavy atom. The molecule has 4 aromatic rings. The number of pyridine rings is 1. The van der Waals surface area contributed by atoms with Gasteiger partial charge in [-0.25, -0.2) is 9.97 Å². The summed E-state index contributed by atoms with van der Waals surface area (Å²) < 4.78 is 5.35. The smallest absolute Gasteiger partial charge is 0.120 e. The van der Waals surface area contributed by atoms with E-state index in [-0.39, 0.29) is 0 Å². The first-order valence-electron chi connectivity index (χ1n) is 7.78. The maximum Gasteiger partial charge on any atom is 0.120 e. The van der Waals surface area contributed by atoms with Crippen LogP contribution in [0.3, 0.4) is 0 Å². The highest BCUT2D eigenvalue weighted by Gasteiger charge is 2.14. The summed E-state index contributed by atoms with van der Waals surface area (Å²) in [6.45, 7) is 2.06. The number of rotatable bonds is 3. The van der Waals surface area contributed by atoms with Crippen molar-refractivity contribution in [2.75, 3.05) is 19.1 Å². The van der Waals surface area contributed by atoms with E-state index in [0.29, 0.717) is 0 Å². The molecule has 24 heavy (non-hydrogen) atoms. The van der Waals surface area contributed by atoms with Crippen LogP contribution in [0.4, 0.5) is 11.4 Å². The Bertz CT molecular complexity index is 1040. The minimum absolute atomic E-state index is 0.834. The first-order chi connectivity index (χ1) is 11.7. The number of hydrogen-bond donors (Lipinski definition) is 1. The number of nitrogens with zero attached hydrogens (tertiary/aromatic N) is 3. The quantitative estimate of drug-likeness (QED) is 0.615. The van der Waals surface area contributed by atoms with Gasteiger partial charge in [-0.15, -0.1) is 0 Å². The van der Waals surface area contributed by atoms with Gasteiger partial charge in [0.25, 0.3) is 0 Å². The first-order valence-corrected chi connectivity index (χ1v) is 7.78. The molecule has 0 fully saturated rings. The van der Waals surface area contributed by atoms with Crippen molar-refractivity contribution in [3.8, 4) is 5.75 Å². The summed E-state index contributed by atoms with van der Waals surface area (Å²) in [5.74, 6) is 0.834. The van der Waals surface area contributed by atoms with E-state index < -0.39 is 0 Å². The van der Waals surface area contributed by atoms with Gasteiger partial charge in [0, 0.05) is 35.4 Å². The number of anilines is 2. The Morgan fingerprint density at radius 3 is 2.79 bits per heavy atom. The minimum Gasteiger partial charge on any atom is -0.497 e. The molecule has 2 heterocycles. The molecule has 0 spiro atoms. The van der Waals surface area contributed by atoms with Crippen molar-refractivity contribution < 1.29 is 4.74 Å². The second kappa shape index (κ2) is 5.53. The lowest BCUT2D eigenvalue weighted by Gasteiger charge is -2.22. The number of aryl methyl sites for hydroxylation is 1. The van der Waals surface area contributed by atoms with Crippen molar-refractivity contribution in [3.05, 3.63) is 54.5 Å². The number of fused-ring (bicyclic) bond motifs is 3. The molecule has 0 radical (unpaired) electrons. The standard InChI is InChI=1S/C19H18N4O/c1-12-9-17(23(2)13-5-4-6-14(10-13)24-3)18-15(22-12)7-8-16-19(18)21-11-20-16/h4-11,22H,1-3H3. The number of hydrogen-bond acceptors (Lipinski definition) is 4. The van der Waals surface area contributed by atoms with E-state index in [1.54, 1.807) is 13.4 Å². The molecule has 2 aromatic heterocycles. The van der Waals surface area contributed by atoms with Crippen LogP contribution in [-0.4, -0.2) is 29.1 Å². The Hall–Kier alpha value is -3.08. The SMILES string of the molecule is COc1cccc(N(C)c2cc(C)[nH]c3ccc4ncnc4c23)c1. The fourth-order valence-electron chi connectivity index (χ4n) is 3.08. The molecule has 5 heteroatoms. The zero-order chi connectivity index (χ0) is 16.7. The Labute approximate surface area is 139 Å². The number of methoxy groups -OCH3 is 1. The van der Waals surface area contributed by atoms with Crippen LogP contribution < -0.4 is 9.64 Å². The number of nitrogens with one attached hydrogen (secondary N) is 1. The summed E-state index contributed by atoms with van der Waals surface area (Å²) in [5.41, 5.74) is 6.09. The van der Waals surface area contributed by atoms with Crippen LogP contribution >= 0.6 is 0 Å². The summed E-state index contributed by atoms with van der Waals surface area (Å²) in [5, 5.41) is 1.07. The van der Waals surface area contributed by atoms with Gasteiger partial charge in [0.15, 0.2) is 0 Å². The van der Waals surface area contributed by atoms with Crippen molar-refractivity contribution in [2.45, 2.75) is 6.92 Å². The summed E-state index contributed by atoms with van der Waals surface area (Å²) in [6, 6.07) is 14.2. The predicted octanol–water partition coefficient (Wildman–Crippen LogP) is 4.20. The van der Waals surface area contributed by atoms with Gasteiger partial charge in [0.05, 0.1) is 18.3 Å². The molecule has 1 N–H and O–H groups in total. The lowest BCUT2D eigenvalue weighted by atomic mass is 10.1. The fraction of sp³-hybridized carbons (Fsp3) is 0.158. The molecule has 0 aliphatic rings. The molecule has 0 aliphatic heterocycles. The van der Waals surface area contributed by atoms with E-state index in [4.69, 9.17) is 4.74 Å². The molecule has 0 atom stereocenters. The van der Waals surface area contributed by atoms with Crippen LogP contribution in [0.25, 0.3) is 21.9 Å². The highest BCUT2D eigenvalue weighted by molar-refractivity contribution is 6.10. The third-order valence-corrected chi connectivity index (χ3v) is 4.28. The van der Waals surface area contributed by atoms with Gasteiger partial charge in [-0.05, 0) is 37.3 Å². The highest BCUT2D eigenvalue weighted by atomic mass is 16.5. The summed E-state index contributed by atoms with van der Waals surface area (Å²) in [4.78, 5) is 14.4. The number of aromatic amines is 1. The molecule has 5 nitrogen and oxygen atoms in total. The minimum atomic E-state index is 0.834. The molecule has 0 aliphatic carbocycles. The average molecular weight is 318 g/mol. The number of benzene rings is 2. The van der Waals surface area contributed by atoms with Gasteiger partial charge >= 0.3 is 0 Å². The normalized spacial score (nSPS) is 11.1. The van der Waals surface area contributed by atoms with Crippen molar-refractivity contribution in [3.63, 3.8) is 0 Å². The molecule has 2 aromatic carbocycles. The maximum absolute atomic E-state index is 5.35. The monoisotopic (exact) mass is 318 g/mol. The van der Waals surface area contributed by atoms with Crippen LogP contribution in [0.15, 0.2) is 48.8 Å². The Morgan fingerprint density at radius 1 is 1.08 bits per heavy atom. The lowest BCUT2D eigenvalue weighted by Crippen LogP contribution is -2.11. The van der Waals surface area contributed by atoms with Gasteiger partial charge in [-0.2, -0.15) is 0 Å². The van der Waals surface area contributed by atoms with Crippen LogP contribution in [-0.2, 0) is 0 Å². The zero-order valence-electron chi connectivity index (χ0n) is 13.9. The van der Waals surface area contributed by atoms with Crippen molar-refractivity contribution in [1.29, 1.82) is 0 Å². The summed E-state index contributed by atoms with van der Waals surface area (Å²) in [7, 11) is 3.73. The molecule has 0 unspecified atom stereocenters. The molecule has 0 saturated carbocycles. The van der Waals surface area contributed by atoms with Crippen molar-refractivity contribution >= 4 is 33.3 Å². The number of H-pyrrole nitrogens is 1. The van der Waals surface area contributed by atoms with Crippen LogP contribution in [0, 0.1) is 6.92 Å². The van der Waals surface area contributed by atoms with E-state index in [9.17, 15) is 0 Å². The molecule has 0 bridgehead atoms. The van der Waals surface area contributed by atoms with E-state index in [1.165, 1.54) is 0 Å². The van der Waals surface area contributed by atoms with E-state index in [1.807, 2.05) is 24.3 Å². The zero-order valence-corrected chi connectivity index (χ0v) is 13.9. The first kappa shape index (κ1) is 14.5. The second-order valence-electron chi connectivity index (χ2n) is 5.83. The average Bonchev–Trinajstić information content (AvgIpc) is 3.09. The van der Waals surface area contributed by atoms with Crippen LogP contribution in [0.1, 0.15) is 5.69 Å². The van der Waals surface area contributed by atoms with Gasteiger partial charge in [0.1, 0.15) is 17.6 Å². The molecule has 0 amide bonds. The Kier molecular flexibility index (Phi) is 3.34. The van der Waals surface area contributed by atoms with E-state index >= 15 is 0 Å². The number of aromatic nitrogens is 3. The molecular formula is C19H18N4O. The van der Waals surface area contributed by atoms with Crippen molar-refractivity contribution in [2.24, 2.45) is 0 Å². The summed E-state index contributed by atoms with van der Waals surface area (Å²) in [6.07, 6.45) is 1.61. The molecule has 0 saturated heterocycles. The summed E-state index contributed by atoms with van der Waals surface area (Å²) >= 11 is 0. The fourth-order valence-corrected chi connectivity index (χ4v) is 3.08. The van der Waals surface area contributed by atoms with Gasteiger partial charge in [-0.3, -0.25) is 0 Å². The van der Waals surface area contributed by atoms with Gasteiger partial charge in [0.2, 0.25) is 0 Å². The molecular weight excluding hydrogens is 300 g/mol. The maximum atomic E-state index is 5.35. The van der Waals surface area contributed by atoms with Gasteiger partial charge in [-0.1, -0.05) is 6.07 Å². The highest BCUT2D eigenvalue weighted by Crippen LogP contribution is 2.35. The predicted molar refractivity (Wildman–Crippen MR) is 97.2 cm³/mol. The molecule has 4 rings (SSSR count). The number of ether oxygens (including phenoxy) is 1. The third kappa shape index (κ3) is 2.25. The van der Waals surface area contributed by atoms with Gasteiger partial charge < -0.3 is 14.6 Å². The van der Waals surface area contributed by atoms with Crippen LogP contribution in [0.2, 0.25) is 0 Å². The molecule has 120 valence electrons. The van der Waals surface area contributed by atoms with E-state index in [0.717, 1.165) is 44.8 Å². The second-order valence-corrected chi connectivity index (χ2v) is 5.83. The topological polar surface area (TPSA) is 54.0 Å². The van der Waals surface area contributed by atoms with Crippen molar-refractivity contribution in [1.82, 2.24) is 15.0 Å². The van der Waals surface area contributed by atoms with E-state index in [2.05, 4.69) is 52.0 Å². The van der Waals surface area contributed by atoms with Crippen LogP contribution in [0.5, 0.6) is 5.75 Å². The largest absolute Gasteiger partial charge is 0.497 e. The number of imidazole rings is 1.